The number of nitrogens with zero attached hydrogens (tertiary/aromatic N) is 1. The highest BCUT2D eigenvalue weighted by Gasteiger charge is 2.29. The minimum absolute atomic E-state index is 0.145. The van der Waals surface area contributed by atoms with Crippen LogP contribution >= 0.6 is 0 Å². The molecule has 2 amide bonds. The first-order valence-corrected chi connectivity index (χ1v) is 6.91. The first-order valence-electron chi connectivity index (χ1n) is 6.91. The van der Waals surface area contributed by atoms with E-state index in [9.17, 15) is 9.59 Å². The Morgan fingerprint density at radius 3 is 2.42 bits per heavy atom. The molecule has 1 fully saturated rings. The summed E-state index contributed by atoms with van der Waals surface area (Å²) >= 11 is 0. The van der Waals surface area contributed by atoms with Gasteiger partial charge in [-0.25, -0.2) is 4.79 Å². The Morgan fingerprint density at radius 1 is 1.37 bits per heavy atom. The Labute approximate surface area is 115 Å². The van der Waals surface area contributed by atoms with E-state index in [2.05, 4.69) is 5.32 Å². The number of hydrogen-bond acceptors (Lipinski definition) is 3. The van der Waals surface area contributed by atoms with Gasteiger partial charge < -0.3 is 15.0 Å². The Hall–Kier alpha value is -1.26. The van der Waals surface area contributed by atoms with Crippen LogP contribution in [0.25, 0.3) is 0 Å². The van der Waals surface area contributed by atoms with Crippen LogP contribution in [0, 0.1) is 11.8 Å². The second-order valence-electron chi connectivity index (χ2n) is 6.49. The smallest absolute Gasteiger partial charge is 0.410 e. The quantitative estimate of drug-likeness (QED) is 0.831. The number of amides is 2. The summed E-state index contributed by atoms with van der Waals surface area (Å²) in [6.45, 7) is 8.71. The van der Waals surface area contributed by atoms with Gasteiger partial charge in [-0.3, -0.25) is 4.79 Å². The molecular weight excluding hydrogens is 244 g/mol. The number of nitrogens with one attached hydrogen (secondary N) is 1. The molecule has 0 aromatic rings. The fourth-order valence-electron chi connectivity index (χ4n) is 1.71. The second kappa shape index (κ2) is 6.26. The zero-order chi connectivity index (χ0) is 14.6. The van der Waals surface area contributed by atoms with E-state index in [1.165, 1.54) is 0 Å². The van der Waals surface area contributed by atoms with Crippen LogP contribution in [0.3, 0.4) is 0 Å². The third-order valence-corrected chi connectivity index (χ3v) is 2.86. The molecule has 0 unspecified atom stereocenters. The molecule has 5 heteroatoms. The number of carbonyl (C=O) groups is 2. The van der Waals surface area contributed by atoms with Crippen molar-refractivity contribution in [2.45, 2.75) is 46.1 Å². The van der Waals surface area contributed by atoms with E-state index in [1.807, 2.05) is 27.7 Å². The summed E-state index contributed by atoms with van der Waals surface area (Å²) in [7, 11) is 1.72. The molecule has 1 aliphatic carbocycles. The van der Waals surface area contributed by atoms with Gasteiger partial charge in [0, 0.05) is 26.1 Å². The fraction of sp³-hybridized carbons (Fsp3) is 0.857. The van der Waals surface area contributed by atoms with Gasteiger partial charge in [0.15, 0.2) is 0 Å². The van der Waals surface area contributed by atoms with Gasteiger partial charge in [-0.05, 0) is 39.5 Å². The standard InChI is InChI=1S/C14H26N2O3/c1-10(8-15-12(17)11-6-7-11)9-16(5)13(18)19-14(2,3)4/h10-11H,6-9H2,1-5H3,(H,15,17)/t10-/m0/s1. The molecule has 1 atom stereocenters. The van der Waals surface area contributed by atoms with E-state index >= 15 is 0 Å². The summed E-state index contributed by atoms with van der Waals surface area (Å²) in [5.41, 5.74) is -0.477. The Kier molecular flexibility index (Phi) is 5.20. The molecule has 1 rings (SSSR count). The molecule has 0 spiro atoms. The van der Waals surface area contributed by atoms with Crippen molar-refractivity contribution < 1.29 is 14.3 Å². The molecule has 19 heavy (non-hydrogen) atoms. The van der Waals surface area contributed by atoms with E-state index in [4.69, 9.17) is 4.74 Å². The maximum absolute atomic E-state index is 11.8. The third-order valence-electron chi connectivity index (χ3n) is 2.86. The molecule has 5 nitrogen and oxygen atoms in total. The highest BCUT2D eigenvalue weighted by molar-refractivity contribution is 5.80. The molecule has 1 saturated carbocycles. The van der Waals surface area contributed by atoms with Crippen molar-refractivity contribution in [3.8, 4) is 0 Å². The number of carbonyl (C=O) groups excluding carboxylic acids is 2. The summed E-state index contributed by atoms with van der Waals surface area (Å²) in [6, 6.07) is 0. The number of hydrogen-bond donors (Lipinski definition) is 1. The van der Waals surface area contributed by atoms with Crippen molar-refractivity contribution in [1.82, 2.24) is 10.2 Å². The molecule has 0 heterocycles. The maximum Gasteiger partial charge on any atom is 0.410 e. The third kappa shape index (κ3) is 6.45. The molecule has 1 aliphatic rings. The number of rotatable bonds is 5. The van der Waals surface area contributed by atoms with E-state index < -0.39 is 5.60 Å². The molecule has 110 valence electrons. The fourth-order valence-corrected chi connectivity index (χ4v) is 1.71. The van der Waals surface area contributed by atoms with Crippen LogP contribution in [0.2, 0.25) is 0 Å². The van der Waals surface area contributed by atoms with E-state index in [-0.39, 0.29) is 23.8 Å². The lowest BCUT2D eigenvalue weighted by Gasteiger charge is -2.26. The number of ether oxygens (including phenoxy) is 1. The van der Waals surface area contributed by atoms with Crippen LogP contribution in [-0.4, -0.2) is 42.6 Å². The predicted octanol–water partition coefficient (Wildman–Crippen LogP) is 2.02. The van der Waals surface area contributed by atoms with Gasteiger partial charge in [0.05, 0.1) is 0 Å². The predicted molar refractivity (Wildman–Crippen MR) is 73.8 cm³/mol. The van der Waals surface area contributed by atoms with Crippen molar-refractivity contribution >= 4 is 12.0 Å². The summed E-state index contributed by atoms with van der Waals surface area (Å²) in [5, 5.41) is 2.92. The topological polar surface area (TPSA) is 58.6 Å². The lowest BCUT2D eigenvalue weighted by Crippen LogP contribution is -2.39. The summed E-state index contributed by atoms with van der Waals surface area (Å²) < 4.78 is 5.27. The van der Waals surface area contributed by atoms with Crippen molar-refractivity contribution in [3.63, 3.8) is 0 Å². The van der Waals surface area contributed by atoms with Gasteiger partial charge >= 0.3 is 6.09 Å². The molecule has 0 aromatic heterocycles. The highest BCUT2D eigenvalue weighted by Crippen LogP contribution is 2.28. The summed E-state index contributed by atoms with van der Waals surface area (Å²) in [5.74, 6) is 0.586. The highest BCUT2D eigenvalue weighted by atomic mass is 16.6. The van der Waals surface area contributed by atoms with Crippen LogP contribution in [0.5, 0.6) is 0 Å². The monoisotopic (exact) mass is 270 g/mol. The lowest BCUT2D eigenvalue weighted by atomic mass is 10.1. The molecule has 0 bridgehead atoms. The van der Waals surface area contributed by atoms with Crippen LogP contribution < -0.4 is 5.32 Å². The van der Waals surface area contributed by atoms with Gasteiger partial charge in [0.1, 0.15) is 5.60 Å². The van der Waals surface area contributed by atoms with Gasteiger partial charge in [-0.2, -0.15) is 0 Å². The van der Waals surface area contributed by atoms with E-state index in [0.29, 0.717) is 13.1 Å². The molecular formula is C14H26N2O3. The SMILES string of the molecule is C[C@@H](CNC(=O)C1CC1)CN(C)C(=O)OC(C)(C)C. The van der Waals surface area contributed by atoms with Crippen molar-refractivity contribution in [1.29, 1.82) is 0 Å². The van der Waals surface area contributed by atoms with Crippen LogP contribution in [0.15, 0.2) is 0 Å². The zero-order valence-corrected chi connectivity index (χ0v) is 12.7. The second-order valence-corrected chi connectivity index (χ2v) is 6.49. The maximum atomic E-state index is 11.8. The van der Waals surface area contributed by atoms with Crippen molar-refractivity contribution in [2.24, 2.45) is 11.8 Å². The largest absolute Gasteiger partial charge is 0.444 e. The average molecular weight is 270 g/mol. The van der Waals surface area contributed by atoms with E-state index in [0.717, 1.165) is 12.8 Å². The van der Waals surface area contributed by atoms with E-state index in [1.54, 1.807) is 11.9 Å². The first-order chi connectivity index (χ1) is 8.69. The normalized spacial score (nSPS) is 16.7. The van der Waals surface area contributed by atoms with Gasteiger partial charge in [-0.1, -0.05) is 6.92 Å². The van der Waals surface area contributed by atoms with Crippen LogP contribution in [-0.2, 0) is 9.53 Å². The molecule has 0 aliphatic heterocycles. The Balaban J connectivity index is 2.24. The lowest BCUT2D eigenvalue weighted by molar-refractivity contribution is -0.122. The van der Waals surface area contributed by atoms with Crippen LogP contribution in [0.4, 0.5) is 4.79 Å². The minimum Gasteiger partial charge on any atom is -0.444 e. The van der Waals surface area contributed by atoms with Gasteiger partial charge in [0.2, 0.25) is 5.91 Å². The van der Waals surface area contributed by atoms with Crippen molar-refractivity contribution in [3.05, 3.63) is 0 Å². The average Bonchev–Trinajstić information content (AvgIpc) is 3.07. The van der Waals surface area contributed by atoms with Gasteiger partial charge in [-0.15, -0.1) is 0 Å². The first kappa shape index (κ1) is 15.8. The van der Waals surface area contributed by atoms with Gasteiger partial charge in [0.25, 0.3) is 0 Å². The van der Waals surface area contributed by atoms with Crippen molar-refractivity contribution in [2.75, 3.05) is 20.1 Å². The summed E-state index contributed by atoms with van der Waals surface area (Å²) in [4.78, 5) is 24.8. The van der Waals surface area contributed by atoms with Crippen LogP contribution in [0.1, 0.15) is 40.5 Å². The molecule has 0 aromatic carbocycles. The Bertz CT molecular complexity index is 332. The molecule has 0 radical (unpaired) electrons. The summed E-state index contributed by atoms with van der Waals surface area (Å²) in [6.07, 6.45) is 1.70. The minimum atomic E-state index is -0.477. The zero-order valence-electron chi connectivity index (χ0n) is 12.7. The molecule has 0 saturated heterocycles. The Morgan fingerprint density at radius 2 is 1.95 bits per heavy atom. The molecule has 1 N–H and O–H groups in total.